The first-order valence-corrected chi connectivity index (χ1v) is 13.2. The van der Waals surface area contributed by atoms with E-state index in [9.17, 15) is 19.5 Å². The van der Waals surface area contributed by atoms with Crippen molar-refractivity contribution in [2.75, 3.05) is 39.0 Å². The zero-order chi connectivity index (χ0) is 31.0. The third-order valence-corrected chi connectivity index (χ3v) is 7.16. The van der Waals surface area contributed by atoms with Crippen LogP contribution in [-0.4, -0.2) is 56.3 Å². The number of urea groups is 1. The number of methoxy groups -OCH3 is 3. The van der Waals surface area contributed by atoms with Gasteiger partial charge in [0.05, 0.1) is 33.4 Å². The fraction of sp³-hybridized carbons (Fsp3) is 0.323. The monoisotopic (exact) mass is 578 g/mol. The minimum Gasteiger partial charge on any atom is -0.495 e. The summed E-state index contributed by atoms with van der Waals surface area (Å²) < 4.78 is 16.4. The number of amides is 3. The molecule has 3 aromatic carbocycles. The number of hydrogen-bond acceptors (Lipinski definition) is 7. The number of rotatable bonds is 12. The molecule has 0 aliphatic rings. The molecule has 0 heterocycles. The number of nitrogens with zero attached hydrogens (tertiary/aromatic N) is 1. The molecule has 0 aliphatic carbocycles. The predicted molar refractivity (Wildman–Crippen MR) is 160 cm³/mol. The van der Waals surface area contributed by atoms with Crippen molar-refractivity contribution in [2.45, 2.75) is 38.9 Å². The van der Waals surface area contributed by atoms with Crippen LogP contribution in [0.25, 0.3) is 0 Å². The van der Waals surface area contributed by atoms with Gasteiger partial charge in [-0.2, -0.15) is 0 Å². The average molecular weight is 579 g/mol. The van der Waals surface area contributed by atoms with Crippen molar-refractivity contribution in [3.8, 4) is 17.2 Å². The van der Waals surface area contributed by atoms with Gasteiger partial charge in [-0.3, -0.25) is 14.5 Å². The first-order valence-electron chi connectivity index (χ1n) is 13.2. The van der Waals surface area contributed by atoms with Crippen LogP contribution < -0.4 is 30.2 Å². The van der Waals surface area contributed by atoms with Gasteiger partial charge in [0.25, 0.3) is 0 Å². The summed E-state index contributed by atoms with van der Waals surface area (Å²) in [6, 6.07) is 16.6. The number of nitrogens with one attached hydrogen (secondary N) is 3. The summed E-state index contributed by atoms with van der Waals surface area (Å²) in [4.78, 5) is 39.0. The van der Waals surface area contributed by atoms with Crippen LogP contribution in [0.3, 0.4) is 0 Å². The summed E-state index contributed by atoms with van der Waals surface area (Å²) in [6.45, 7) is 5.05. The number of benzene rings is 3. The summed E-state index contributed by atoms with van der Waals surface area (Å²) in [5, 5.41) is 18.4. The second-order valence-corrected chi connectivity index (χ2v) is 9.90. The molecule has 0 bridgehead atoms. The Morgan fingerprint density at radius 2 is 1.52 bits per heavy atom. The van der Waals surface area contributed by atoms with Crippen LogP contribution in [0.4, 0.5) is 16.2 Å². The smallest absolute Gasteiger partial charge is 0.323 e. The molecule has 42 heavy (non-hydrogen) atoms. The predicted octanol–water partition coefficient (Wildman–Crippen LogP) is 5.12. The van der Waals surface area contributed by atoms with Crippen molar-refractivity contribution >= 4 is 29.3 Å². The average Bonchev–Trinajstić information content (AvgIpc) is 2.96. The van der Waals surface area contributed by atoms with Crippen molar-refractivity contribution in [1.82, 2.24) is 10.2 Å². The highest BCUT2D eigenvalue weighted by atomic mass is 16.5. The van der Waals surface area contributed by atoms with Crippen molar-refractivity contribution in [3.05, 3.63) is 77.4 Å². The summed E-state index contributed by atoms with van der Waals surface area (Å²) in [5.41, 5.74) is 2.03. The Kier molecular flexibility index (Phi) is 10.4. The van der Waals surface area contributed by atoms with E-state index in [0.29, 0.717) is 39.8 Å². The highest BCUT2D eigenvalue weighted by Crippen LogP contribution is 2.40. The second-order valence-electron chi connectivity index (χ2n) is 9.90. The van der Waals surface area contributed by atoms with Crippen molar-refractivity contribution in [2.24, 2.45) is 0 Å². The molecule has 0 fully saturated rings. The van der Waals surface area contributed by atoms with Crippen LogP contribution in [0.1, 0.15) is 43.0 Å². The van der Waals surface area contributed by atoms with Gasteiger partial charge in [-0.15, -0.1) is 0 Å². The molecule has 2 atom stereocenters. The molecule has 4 N–H and O–H groups in total. The lowest BCUT2D eigenvalue weighted by Crippen LogP contribution is -2.55. The minimum atomic E-state index is -1.20. The van der Waals surface area contributed by atoms with Gasteiger partial charge in [0.1, 0.15) is 11.4 Å². The number of aliphatic carboxylic acids is 1. The Balaban J connectivity index is 2.01. The van der Waals surface area contributed by atoms with Crippen molar-refractivity contribution < 1.29 is 33.7 Å². The van der Waals surface area contributed by atoms with Crippen LogP contribution in [-0.2, 0) is 15.3 Å². The zero-order valence-corrected chi connectivity index (χ0v) is 24.9. The topological polar surface area (TPSA) is 138 Å². The number of hydrogen-bond donors (Lipinski definition) is 4. The standard InChI is InChI=1S/C31H38N4O7/c1-19-10-8-9-11-23(19)32-30(39)33-24-14-13-22(17-27(24)41-6)31(3,34-20(2)36)35(4)25(18-29(37)38)21-12-15-26(40-5)28(16-21)42-7/h8-17,25H,18H2,1-7H3,(H,34,36)(H,37,38)(H2,32,33,39). The lowest BCUT2D eigenvalue weighted by atomic mass is 9.93. The van der Waals surface area contributed by atoms with Crippen molar-refractivity contribution in [1.29, 1.82) is 0 Å². The Labute approximate surface area is 245 Å². The Morgan fingerprint density at radius 1 is 0.881 bits per heavy atom. The van der Waals surface area contributed by atoms with Gasteiger partial charge >= 0.3 is 12.0 Å². The van der Waals surface area contributed by atoms with Gasteiger partial charge in [0, 0.05) is 18.7 Å². The van der Waals surface area contributed by atoms with Gasteiger partial charge in [-0.1, -0.05) is 30.3 Å². The molecular weight excluding hydrogens is 540 g/mol. The van der Waals surface area contributed by atoms with Crippen LogP contribution in [0, 0.1) is 6.92 Å². The van der Waals surface area contributed by atoms with E-state index in [1.807, 2.05) is 25.1 Å². The maximum absolute atomic E-state index is 12.8. The van der Waals surface area contributed by atoms with E-state index < -0.39 is 23.7 Å². The third-order valence-electron chi connectivity index (χ3n) is 7.16. The molecule has 0 aromatic heterocycles. The largest absolute Gasteiger partial charge is 0.495 e. The first-order chi connectivity index (χ1) is 19.9. The number of ether oxygens (including phenoxy) is 3. The molecule has 0 saturated carbocycles. The molecule has 11 nitrogen and oxygen atoms in total. The number of carbonyl (C=O) groups excluding carboxylic acids is 2. The van der Waals surface area contributed by atoms with E-state index >= 15 is 0 Å². The molecule has 0 aliphatic heterocycles. The van der Waals surface area contributed by atoms with Crippen LogP contribution in [0.2, 0.25) is 0 Å². The summed E-state index contributed by atoms with van der Waals surface area (Å²) in [7, 11) is 6.22. The first kappa shape index (κ1) is 31.8. The summed E-state index contributed by atoms with van der Waals surface area (Å²) in [5.74, 6) is -0.0607. The highest BCUT2D eigenvalue weighted by molar-refractivity contribution is 6.01. The maximum Gasteiger partial charge on any atom is 0.323 e. The quantitative estimate of drug-likeness (QED) is 0.217. The molecule has 0 spiro atoms. The SMILES string of the molecule is COc1cc(C(C)(NC(C)=O)N(C)C(CC(=O)O)c2ccc(OC)c(OC)c2)ccc1NC(=O)Nc1ccccc1C. The van der Waals surface area contributed by atoms with E-state index in [1.54, 1.807) is 61.3 Å². The van der Waals surface area contributed by atoms with E-state index in [1.165, 1.54) is 28.3 Å². The zero-order valence-electron chi connectivity index (χ0n) is 24.9. The number of carbonyl (C=O) groups is 3. The van der Waals surface area contributed by atoms with Gasteiger partial charge in [0.2, 0.25) is 5.91 Å². The summed E-state index contributed by atoms with van der Waals surface area (Å²) >= 11 is 0. The van der Waals surface area contributed by atoms with Crippen LogP contribution >= 0.6 is 0 Å². The van der Waals surface area contributed by atoms with Crippen LogP contribution in [0.15, 0.2) is 60.7 Å². The number of aryl methyl sites for hydroxylation is 1. The maximum atomic E-state index is 12.8. The third kappa shape index (κ3) is 7.29. The highest BCUT2D eigenvalue weighted by Gasteiger charge is 2.39. The van der Waals surface area contributed by atoms with Gasteiger partial charge < -0.3 is 35.3 Å². The number of carboxylic acid groups (broad SMARTS) is 1. The van der Waals surface area contributed by atoms with Crippen LogP contribution in [0.5, 0.6) is 17.2 Å². The molecule has 224 valence electrons. The fourth-order valence-electron chi connectivity index (χ4n) is 4.81. The van der Waals surface area contributed by atoms with E-state index in [-0.39, 0.29) is 12.3 Å². The molecule has 2 unspecified atom stereocenters. The Hall–Kier alpha value is -4.77. The molecule has 3 rings (SSSR count). The minimum absolute atomic E-state index is 0.267. The summed E-state index contributed by atoms with van der Waals surface area (Å²) in [6.07, 6.45) is -0.267. The van der Waals surface area contributed by atoms with Gasteiger partial charge in [0.15, 0.2) is 11.5 Å². The lowest BCUT2D eigenvalue weighted by molar-refractivity contribution is -0.139. The van der Waals surface area contributed by atoms with Crippen molar-refractivity contribution in [3.63, 3.8) is 0 Å². The lowest BCUT2D eigenvalue weighted by Gasteiger charge is -2.44. The number of carboxylic acids is 1. The van der Waals surface area contributed by atoms with E-state index in [0.717, 1.165) is 5.56 Å². The van der Waals surface area contributed by atoms with E-state index in [4.69, 9.17) is 14.2 Å². The molecule has 0 saturated heterocycles. The molecule has 3 amide bonds. The van der Waals surface area contributed by atoms with Gasteiger partial charge in [-0.05, 0) is 67.9 Å². The molecule has 3 aromatic rings. The Morgan fingerprint density at radius 3 is 2.12 bits per heavy atom. The molecular formula is C31H38N4O7. The number of anilines is 2. The van der Waals surface area contributed by atoms with E-state index in [2.05, 4.69) is 16.0 Å². The molecule has 0 radical (unpaired) electrons. The van der Waals surface area contributed by atoms with Gasteiger partial charge in [-0.25, -0.2) is 4.79 Å². The Bertz CT molecular complexity index is 1440. The molecule has 11 heteroatoms. The number of para-hydroxylation sites is 1. The normalized spacial score (nSPS) is 13.0. The second kappa shape index (κ2) is 13.7. The fourth-order valence-corrected chi connectivity index (χ4v) is 4.81.